The lowest BCUT2D eigenvalue weighted by atomic mass is 9.70. The van der Waals surface area contributed by atoms with Gasteiger partial charge in [0.15, 0.2) is 0 Å². The number of hydrogen-bond acceptors (Lipinski definition) is 4. The van der Waals surface area contributed by atoms with Crippen molar-refractivity contribution in [3.05, 3.63) is 53.6 Å². The Kier molecular flexibility index (Phi) is 7.01. The molecule has 3 aromatic rings. The van der Waals surface area contributed by atoms with Gasteiger partial charge in [-0.25, -0.2) is 4.98 Å². The van der Waals surface area contributed by atoms with Crippen molar-refractivity contribution in [2.45, 2.75) is 78.7 Å². The van der Waals surface area contributed by atoms with Crippen LogP contribution in [0.1, 0.15) is 83.4 Å². The summed E-state index contributed by atoms with van der Waals surface area (Å²) in [7, 11) is 1.44. The second-order valence-corrected chi connectivity index (χ2v) is 11.2. The Morgan fingerprint density at radius 3 is 2.56 bits per heavy atom. The zero-order valence-corrected chi connectivity index (χ0v) is 21.5. The summed E-state index contributed by atoms with van der Waals surface area (Å²) >= 11 is 0. The van der Waals surface area contributed by atoms with Gasteiger partial charge in [0.2, 0.25) is 5.95 Å². The van der Waals surface area contributed by atoms with E-state index in [2.05, 4.69) is 87.0 Å². The van der Waals surface area contributed by atoms with E-state index in [0.717, 1.165) is 41.1 Å². The molecule has 1 aliphatic rings. The molecule has 5 heteroatoms. The predicted octanol–water partition coefficient (Wildman–Crippen LogP) is 7.40. The third kappa shape index (κ3) is 5.45. The molecule has 1 heterocycles. The predicted molar refractivity (Wildman–Crippen MR) is 140 cm³/mol. The number of rotatable bonds is 7. The fraction of sp³-hybridized carbons (Fsp3) is 0.517. The molecular formula is C29H39N3O2. The molecule has 4 rings (SSSR count). The molecule has 34 heavy (non-hydrogen) atoms. The lowest BCUT2D eigenvalue weighted by Gasteiger charge is -2.40. The van der Waals surface area contributed by atoms with E-state index in [1.807, 2.05) is 0 Å². The lowest BCUT2D eigenvalue weighted by Crippen LogP contribution is -2.29. The zero-order chi connectivity index (χ0) is 24.5. The highest BCUT2D eigenvalue weighted by atomic mass is 16.5. The maximum atomic E-state index is 11.6. The molecule has 1 N–H and O–H groups in total. The normalized spacial score (nSPS) is 20.0. The topological polar surface area (TPSA) is 56.1 Å². The molecule has 1 fully saturated rings. The van der Waals surface area contributed by atoms with Gasteiger partial charge in [-0.05, 0) is 78.3 Å². The highest BCUT2D eigenvalue weighted by Gasteiger charge is 2.34. The van der Waals surface area contributed by atoms with Crippen molar-refractivity contribution in [3.63, 3.8) is 0 Å². The fourth-order valence-corrected chi connectivity index (χ4v) is 5.68. The van der Waals surface area contributed by atoms with Gasteiger partial charge in [-0.1, -0.05) is 52.8 Å². The van der Waals surface area contributed by atoms with Gasteiger partial charge in [0, 0.05) is 18.2 Å². The molecule has 0 aliphatic heterocycles. The van der Waals surface area contributed by atoms with Crippen LogP contribution >= 0.6 is 0 Å². The van der Waals surface area contributed by atoms with Crippen LogP contribution in [0.25, 0.3) is 11.0 Å². The highest BCUT2D eigenvalue weighted by molar-refractivity contribution is 5.81. The van der Waals surface area contributed by atoms with Crippen LogP contribution in [0.4, 0.5) is 11.6 Å². The Labute approximate surface area is 203 Å². The Bertz CT molecular complexity index is 1140. The molecule has 5 nitrogen and oxygen atoms in total. The number of carbonyl (C=O) groups excluding carboxylic acids is 1. The summed E-state index contributed by atoms with van der Waals surface area (Å²) in [4.78, 5) is 16.7. The molecule has 2 aromatic carbocycles. The summed E-state index contributed by atoms with van der Waals surface area (Å²) in [5.41, 5.74) is 5.91. The number of esters is 1. The number of methoxy groups -OCH3 is 1. The van der Waals surface area contributed by atoms with E-state index in [-0.39, 0.29) is 5.97 Å². The van der Waals surface area contributed by atoms with Crippen molar-refractivity contribution in [2.75, 3.05) is 12.4 Å². The van der Waals surface area contributed by atoms with Crippen LogP contribution in [0.5, 0.6) is 0 Å². The highest BCUT2D eigenvalue weighted by Crippen LogP contribution is 2.46. The van der Waals surface area contributed by atoms with E-state index in [0.29, 0.717) is 36.1 Å². The first-order valence-electron chi connectivity index (χ1n) is 12.6. The minimum Gasteiger partial charge on any atom is -0.469 e. The Balaban J connectivity index is 1.72. The zero-order valence-electron chi connectivity index (χ0n) is 21.5. The number of hydrogen-bond donors (Lipinski definition) is 1. The maximum absolute atomic E-state index is 11.6. The minimum absolute atomic E-state index is 0.184. The number of carbonyl (C=O) groups is 1. The van der Waals surface area contributed by atoms with Gasteiger partial charge in [-0.15, -0.1) is 0 Å². The van der Waals surface area contributed by atoms with E-state index in [9.17, 15) is 4.79 Å². The molecule has 0 amide bonds. The van der Waals surface area contributed by atoms with Crippen LogP contribution in [0.3, 0.4) is 0 Å². The minimum atomic E-state index is -0.184. The second kappa shape index (κ2) is 9.81. The average molecular weight is 462 g/mol. The first-order chi connectivity index (χ1) is 16.1. The second-order valence-electron chi connectivity index (χ2n) is 11.2. The van der Waals surface area contributed by atoms with Crippen LogP contribution < -0.4 is 5.32 Å². The number of fused-ring (bicyclic) bond motifs is 1. The van der Waals surface area contributed by atoms with E-state index in [1.54, 1.807) is 0 Å². The number of imidazole rings is 1. The molecule has 0 radical (unpaired) electrons. The van der Waals surface area contributed by atoms with Gasteiger partial charge in [0.05, 0.1) is 18.1 Å². The summed E-state index contributed by atoms with van der Waals surface area (Å²) < 4.78 is 7.24. The maximum Gasteiger partial charge on any atom is 0.305 e. The molecule has 0 spiro atoms. The summed E-state index contributed by atoms with van der Waals surface area (Å²) in [5.74, 6) is 1.89. The first kappa shape index (κ1) is 24.3. The largest absolute Gasteiger partial charge is 0.469 e. The molecule has 0 bridgehead atoms. The van der Waals surface area contributed by atoms with Gasteiger partial charge >= 0.3 is 5.97 Å². The number of ether oxygens (including phenoxy) is 1. The smallest absolute Gasteiger partial charge is 0.305 e. The van der Waals surface area contributed by atoms with Gasteiger partial charge in [-0.3, -0.25) is 4.79 Å². The Hall–Kier alpha value is -2.82. The van der Waals surface area contributed by atoms with E-state index in [4.69, 9.17) is 9.72 Å². The Morgan fingerprint density at radius 2 is 1.91 bits per heavy atom. The van der Waals surface area contributed by atoms with E-state index >= 15 is 0 Å². The Morgan fingerprint density at radius 1 is 1.18 bits per heavy atom. The van der Waals surface area contributed by atoms with Crippen LogP contribution in [0, 0.1) is 11.3 Å². The number of anilines is 2. The van der Waals surface area contributed by atoms with Crippen LogP contribution in [0.2, 0.25) is 0 Å². The molecule has 182 valence electrons. The van der Waals surface area contributed by atoms with Crippen molar-refractivity contribution in [1.82, 2.24) is 9.55 Å². The van der Waals surface area contributed by atoms with E-state index < -0.39 is 0 Å². The van der Waals surface area contributed by atoms with E-state index in [1.165, 1.54) is 19.1 Å². The average Bonchev–Trinajstić information content (AvgIpc) is 3.13. The van der Waals surface area contributed by atoms with Crippen molar-refractivity contribution in [3.8, 4) is 0 Å². The summed E-state index contributed by atoms with van der Waals surface area (Å²) in [6.07, 6.45) is 4.58. The molecule has 0 saturated heterocycles. The first-order valence-corrected chi connectivity index (χ1v) is 12.6. The number of nitrogens with zero attached hydrogens (tertiary/aromatic N) is 2. The molecular weight excluding hydrogens is 422 g/mol. The van der Waals surface area contributed by atoms with Crippen molar-refractivity contribution < 1.29 is 9.53 Å². The monoisotopic (exact) mass is 461 g/mol. The summed E-state index contributed by atoms with van der Waals surface area (Å²) in [5, 5.41) is 3.62. The number of benzene rings is 2. The van der Waals surface area contributed by atoms with Gasteiger partial charge < -0.3 is 14.6 Å². The summed E-state index contributed by atoms with van der Waals surface area (Å²) in [6, 6.07) is 15.5. The number of aryl methyl sites for hydroxylation is 1. The van der Waals surface area contributed by atoms with Crippen molar-refractivity contribution >= 4 is 28.6 Å². The molecule has 1 aromatic heterocycles. The van der Waals surface area contributed by atoms with Gasteiger partial charge in [0.25, 0.3) is 0 Å². The van der Waals surface area contributed by atoms with Crippen LogP contribution in [0.15, 0.2) is 42.5 Å². The molecule has 0 unspecified atom stereocenters. The van der Waals surface area contributed by atoms with Gasteiger partial charge in [-0.2, -0.15) is 0 Å². The fourth-order valence-electron chi connectivity index (χ4n) is 5.68. The molecule has 2 atom stereocenters. The van der Waals surface area contributed by atoms with Gasteiger partial charge in [0.1, 0.15) is 0 Å². The molecule has 1 saturated carbocycles. The standard InChI is InChI=1S/C29H39N3O2/c1-19(2)22-9-11-23(12-10-22)30-28-31-25-16-21(8-14-27(33)34-6)7-13-26(25)32(28)24-15-20(3)17-29(4,5)18-24/h7,9-13,16,19-20,24H,8,14-15,17-18H2,1-6H3,(H,30,31)/t20-,24+/m1/s1. The lowest BCUT2D eigenvalue weighted by molar-refractivity contribution is -0.140. The van der Waals surface area contributed by atoms with Crippen molar-refractivity contribution in [1.29, 1.82) is 0 Å². The third-order valence-electron chi connectivity index (χ3n) is 7.16. The molecule has 1 aliphatic carbocycles. The summed E-state index contributed by atoms with van der Waals surface area (Å²) in [6.45, 7) is 11.6. The SMILES string of the molecule is COC(=O)CCc1ccc2c(c1)nc(Nc1ccc(C(C)C)cc1)n2[C@H]1C[C@@H](C)CC(C)(C)C1. The quantitative estimate of drug-likeness (QED) is 0.373. The van der Waals surface area contributed by atoms with Crippen molar-refractivity contribution in [2.24, 2.45) is 11.3 Å². The van der Waals surface area contributed by atoms with Crippen LogP contribution in [-0.4, -0.2) is 22.6 Å². The number of nitrogens with one attached hydrogen (secondary N) is 1. The number of aromatic nitrogens is 2. The third-order valence-corrected chi connectivity index (χ3v) is 7.16. The van der Waals surface area contributed by atoms with Crippen LogP contribution in [-0.2, 0) is 16.0 Å².